The third kappa shape index (κ3) is 4.25. The number of benzene rings is 1. The van der Waals surface area contributed by atoms with Crippen LogP contribution in [0.5, 0.6) is 0 Å². The lowest BCUT2D eigenvalue weighted by Gasteiger charge is -2.13. The molecule has 3 rings (SSSR count). The predicted octanol–water partition coefficient (Wildman–Crippen LogP) is 3.13. The fourth-order valence-electron chi connectivity index (χ4n) is 2.35. The summed E-state index contributed by atoms with van der Waals surface area (Å²) in [7, 11) is -2.94. The van der Waals surface area contributed by atoms with E-state index in [0.29, 0.717) is 33.8 Å². The van der Waals surface area contributed by atoms with Crippen molar-refractivity contribution in [1.29, 1.82) is 0 Å². The van der Waals surface area contributed by atoms with Gasteiger partial charge in [0, 0.05) is 17.1 Å². The molecule has 0 bridgehead atoms. The van der Waals surface area contributed by atoms with Crippen LogP contribution in [0.25, 0.3) is 0 Å². The van der Waals surface area contributed by atoms with Crippen molar-refractivity contribution in [3.8, 4) is 0 Å². The van der Waals surface area contributed by atoms with Crippen LogP contribution in [0.3, 0.4) is 0 Å². The summed E-state index contributed by atoms with van der Waals surface area (Å²) in [5, 5.41) is 7.23. The van der Waals surface area contributed by atoms with Gasteiger partial charge in [-0.2, -0.15) is 0 Å². The van der Waals surface area contributed by atoms with Gasteiger partial charge in [0.05, 0.1) is 22.2 Å². The van der Waals surface area contributed by atoms with E-state index < -0.39 is 9.84 Å². The van der Waals surface area contributed by atoms with Crippen molar-refractivity contribution < 1.29 is 8.42 Å². The summed E-state index contributed by atoms with van der Waals surface area (Å²) in [4.78, 5) is 8.25. The second-order valence-corrected chi connectivity index (χ2v) is 8.35. The molecular formula is C14H14Cl2N4O2S. The molecule has 1 fully saturated rings. The lowest BCUT2D eigenvalue weighted by atomic mass is 10.2. The van der Waals surface area contributed by atoms with E-state index in [9.17, 15) is 8.42 Å². The third-order valence-electron chi connectivity index (χ3n) is 3.45. The molecule has 1 aliphatic rings. The number of hydrogen-bond acceptors (Lipinski definition) is 6. The number of rotatable bonds is 4. The first-order valence-electron chi connectivity index (χ1n) is 6.92. The number of sulfone groups is 1. The van der Waals surface area contributed by atoms with Gasteiger partial charge in [-0.25, -0.2) is 18.4 Å². The second kappa shape index (κ2) is 6.51. The monoisotopic (exact) mass is 372 g/mol. The molecule has 0 amide bonds. The summed E-state index contributed by atoms with van der Waals surface area (Å²) in [6.07, 6.45) is 1.98. The fraction of sp³-hybridized carbons (Fsp3) is 0.286. The third-order valence-corrected chi connectivity index (χ3v) is 5.76. The molecule has 2 heterocycles. The van der Waals surface area contributed by atoms with Gasteiger partial charge in [-0.1, -0.05) is 23.2 Å². The molecule has 6 nitrogen and oxygen atoms in total. The zero-order chi connectivity index (χ0) is 16.4. The number of anilines is 3. The standard InChI is InChI=1S/C14H14Cl2N4O2S/c15-9-1-2-12(11(16)5-9)20-14-6-13(17-8-18-14)19-10-3-4-23(21,22)7-10/h1-2,5-6,8,10H,3-4,7H2,(H2,17,18,19,20). The molecule has 2 N–H and O–H groups in total. The minimum Gasteiger partial charge on any atom is -0.366 e. The molecule has 0 radical (unpaired) electrons. The van der Waals surface area contributed by atoms with Crippen LogP contribution >= 0.6 is 23.2 Å². The quantitative estimate of drug-likeness (QED) is 0.857. The predicted molar refractivity (Wildman–Crippen MR) is 92.5 cm³/mol. The maximum absolute atomic E-state index is 11.5. The summed E-state index contributed by atoms with van der Waals surface area (Å²) < 4.78 is 23.0. The van der Waals surface area contributed by atoms with Crippen molar-refractivity contribution in [2.45, 2.75) is 12.5 Å². The van der Waals surface area contributed by atoms with Crippen LogP contribution in [0, 0.1) is 0 Å². The van der Waals surface area contributed by atoms with Crippen LogP contribution in [0.15, 0.2) is 30.6 Å². The van der Waals surface area contributed by atoms with Crippen LogP contribution in [0.2, 0.25) is 10.0 Å². The van der Waals surface area contributed by atoms with Gasteiger partial charge in [-0.05, 0) is 24.6 Å². The zero-order valence-corrected chi connectivity index (χ0v) is 14.3. The van der Waals surface area contributed by atoms with E-state index in [1.54, 1.807) is 24.3 Å². The van der Waals surface area contributed by atoms with E-state index in [4.69, 9.17) is 23.2 Å². The van der Waals surface area contributed by atoms with Gasteiger partial charge in [-0.15, -0.1) is 0 Å². The first-order valence-corrected chi connectivity index (χ1v) is 9.50. The molecule has 1 aliphatic heterocycles. The Bertz CT molecular complexity index is 829. The second-order valence-electron chi connectivity index (χ2n) is 5.28. The largest absolute Gasteiger partial charge is 0.366 e. The van der Waals surface area contributed by atoms with Gasteiger partial charge >= 0.3 is 0 Å². The summed E-state index contributed by atoms with van der Waals surface area (Å²) in [6.45, 7) is 0. The van der Waals surface area contributed by atoms with Gasteiger partial charge < -0.3 is 10.6 Å². The highest BCUT2D eigenvalue weighted by Gasteiger charge is 2.27. The molecule has 122 valence electrons. The summed E-state index contributed by atoms with van der Waals surface area (Å²) in [5.41, 5.74) is 0.671. The Morgan fingerprint density at radius 1 is 1.13 bits per heavy atom. The van der Waals surface area contributed by atoms with Crippen LogP contribution < -0.4 is 10.6 Å². The highest BCUT2D eigenvalue weighted by Crippen LogP contribution is 2.28. The van der Waals surface area contributed by atoms with Gasteiger partial charge in [0.2, 0.25) is 0 Å². The maximum Gasteiger partial charge on any atom is 0.152 e. The normalized spacial score (nSPS) is 19.5. The first-order chi connectivity index (χ1) is 10.9. The zero-order valence-electron chi connectivity index (χ0n) is 12.0. The van der Waals surface area contributed by atoms with E-state index in [0.717, 1.165) is 0 Å². The Kier molecular flexibility index (Phi) is 4.61. The van der Waals surface area contributed by atoms with E-state index in [1.807, 2.05) is 0 Å². The maximum atomic E-state index is 11.5. The smallest absolute Gasteiger partial charge is 0.152 e. The van der Waals surface area contributed by atoms with E-state index >= 15 is 0 Å². The average Bonchev–Trinajstić information content (AvgIpc) is 2.81. The Labute approximate surface area is 144 Å². The highest BCUT2D eigenvalue weighted by atomic mass is 35.5. The van der Waals surface area contributed by atoms with Gasteiger partial charge in [-0.3, -0.25) is 0 Å². The lowest BCUT2D eigenvalue weighted by Crippen LogP contribution is -2.21. The Balaban J connectivity index is 1.72. The van der Waals surface area contributed by atoms with Gasteiger partial charge in [0.1, 0.15) is 18.0 Å². The Hall–Kier alpha value is -1.57. The molecule has 1 saturated heterocycles. The van der Waals surface area contributed by atoms with Gasteiger partial charge in [0.15, 0.2) is 9.84 Å². The van der Waals surface area contributed by atoms with Crippen LogP contribution in [0.1, 0.15) is 6.42 Å². The van der Waals surface area contributed by atoms with E-state index in [1.165, 1.54) is 6.33 Å². The summed E-state index contributed by atoms with van der Waals surface area (Å²) in [5.74, 6) is 1.45. The van der Waals surface area contributed by atoms with Crippen molar-refractivity contribution in [3.05, 3.63) is 40.6 Å². The molecular weight excluding hydrogens is 359 g/mol. The molecule has 2 aromatic rings. The van der Waals surface area contributed by atoms with Crippen LogP contribution in [0.4, 0.5) is 17.3 Å². The molecule has 0 saturated carbocycles. The molecule has 1 atom stereocenters. The molecule has 23 heavy (non-hydrogen) atoms. The molecule has 1 unspecified atom stereocenters. The molecule has 0 aliphatic carbocycles. The summed E-state index contributed by atoms with van der Waals surface area (Å²) in [6, 6.07) is 6.69. The molecule has 1 aromatic carbocycles. The summed E-state index contributed by atoms with van der Waals surface area (Å²) >= 11 is 12.0. The molecule has 0 spiro atoms. The minimum atomic E-state index is -2.94. The van der Waals surface area contributed by atoms with Gasteiger partial charge in [0.25, 0.3) is 0 Å². The Morgan fingerprint density at radius 3 is 2.61 bits per heavy atom. The van der Waals surface area contributed by atoms with E-state index in [2.05, 4.69) is 20.6 Å². The van der Waals surface area contributed by atoms with E-state index in [-0.39, 0.29) is 17.5 Å². The van der Waals surface area contributed by atoms with Crippen molar-refractivity contribution >= 4 is 50.4 Å². The molecule has 1 aromatic heterocycles. The number of nitrogens with one attached hydrogen (secondary N) is 2. The first kappa shape index (κ1) is 16.3. The number of nitrogens with zero attached hydrogens (tertiary/aromatic N) is 2. The van der Waals surface area contributed by atoms with Crippen LogP contribution in [-0.2, 0) is 9.84 Å². The minimum absolute atomic E-state index is 0.123. The van der Waals surface area contributed by atoms with Crippen molar-refractivity contribution in [2.24, 2.45) is 0 Å². The Morgan fingerprint density at radius 2 is 1.91 bits per heavy atom. The molecule has 9 heteroatoms. The highest BCUT2D eigenvalue weighted by molar-refractivity contribution is 7.91. The topological polar surface area (TPSA) is 84.0 Å². The SMILES string of the molecule is O=S1(=O)CCC(Nc2cc(Nc3ccc(Cl)cc3Cl)ncn2)C1. The lowest BCUT2D eigenvalue weighted by molar-refractivity contribution is 0.602. The average molecular weight is 373 g/mol. The number of hydrogen-bond donors (Lipinski definition) is 2. The van der Waals surface area contributed by atoms with Crippen molar-refractivity contribution in [1.82, 2.24) is 9.97 Å². The van der Waals surface area contributed by atoms with Crippen LogP contribution in [-0.4, -0.2) is 35.9 Å². The van der Waals surface area contributed by atoms with Crippen molar-refractivity contribution in [2.75, 3.05) is 22.1 Å². The number of halogens is 2. The van der Waals surface area contributed by atoms with Crippen molar-refractivity contribution in [3.63, 3.8) is 0 Å². The number of aromatic nitrogens is 2. The fourth-order valence-corrected chi connectivity index (χ4v) is 4.48.